The number of carbonyl (C=O) groups is 1. The van der Waals surface area contributed by atoms with Crippen molar-refractivity contribution in [2.75, 3.05) is 16.2 Å². The van der Waals surface area contributed by atoms with Crippen LogP contribution in [0.4, 0.5) is 11.4 Å². The summed E-state index contributed by atoms with van der Waals surface area (Å²) in [5, 5.41) is 0. The van der Waals surface area contributed by atoms with Crippen LogP contribution in [0.5, 0.6) is 11.5 Å². The largest absolute Gasteiger partial charge is 0.457 e. The van der Waals surface area contributed by atoms with Crippen LogP contribution in [0, 0.1) is 0 Å². The third-order valence-corrected chi connectivity index (χ3v) is 7.15. The van der Waals surface area contributed by atoms with Gasteiger partial charge in [-0.05, 0) is 79.4 Å². The lowest BCUT2D eigenvalue weighted by Gasteiger charge is -2.26. The first-order valence-electron chi connectivity index (χ1n) is 10.3. The fraction of sp³-hybridized carbons (Fsp3) is 0.208. The second kappa shape index (κ2) is 7.42. The first-order valence-corrected chi connectivity index (χ1v) is 11.7. The Morgan fingerprint density at radius 1 is 1.00 bits per heavy atom. The molecule has 2 heterocycles. The number of para-hydroxylation sites is 1. The van der Waals surface area contributed by atoms with E-state index in [0.717, 1.165) is 29.7 Å². The van der Waals surface area contributed by atoms with Crippen LogP contribution in [0.25, 0.3) is 0 Å². The summed E-state index contributed by atoms with van der Waals surface area (Å²) >= 11 is 0. The van der Waals surface area contributed by atoms with Gasteiger partial charge in [-0.1, -0.05) is 18.2 Å². The molecule has 3 aromatic carbocycles. The number of rotatable bonds is 5. The Hall–Kier alpha value is -3.32. The monoisotopic (exact) mass is 434 g/mol. The van der Waals surface area contributed by atoms with Gasteiger partial charge in [-0.25, -0.2) is 8.42 Å². The van der Waals surface area contributed by atoms with E-state index < -0.39 is 10.0 Å². The summed E-state index contributed by atoms with van der Waals surface area (Å²) in [6.45, 7) is 2.54. The quantitative estimate of drug-likeness (QED) is 0.633. The predicted molar refractivity (Wildman–Crippen MR) is 119 cm³/mol. The fourth-order valence-electron chi connectivity index (χ4n) is 4.25. The van der Waals surface area contributed by atoms with Crippen molar-refractivity contribution >= 4 is 27.3 Å². The fourth-order valence-corrected chi connectivity index (χ4v) is 5.39. The number of sulfonamides is 1. The first kappa shape index (κ1) is 19.6. The highest BCUT2D eigenvalue weighted by molar-refractivity contribution is 7.92. The Labute approximate surface area is 181 Å². The summed E-state index contributed by atoms with van der Waals surface area (Å²) in [6.07, 6.45) is 1.61. The van der Waals surface area contributed by atoms with E-state index in [2.05, 4.69) is 4.72 Å². The predicted octanol–water partition coefficient (Wildman–Crippen LogP) is 4.68. The Balaban J connectivity index is 1.40. The van der Waals surface area contributed by atoms with Crippen molar-refractivity contribution in [3.05, 3.63) is 77.9 Å². The molecule has 5 rings (SSSR count). The number of anilines is 2. The summed E-state index contributed by atoms with van der Waals surface area (Å²) < 4.78 is 34.6. The van der Waals surface area contributed by atoms with Gasteiger partial charge >= 0.3 is 0 Å². The van der Waals surface area contributed by atoms with E-state index in [1.165, 1.54) is 0 Å². The van der Waals surface area contributed by atoms with Crippen LogP contribution < -0.4 is 14.4 Å². The van der Waals surface area contributed by atoms with E-state index in [0.29, 0.717) is 23.7 Å². The molecule has 1 amide bonds. The van der Waals surface area contributed by atoms with Crippen LogP contribution >= 0.6 is 0 Å². The molecule has 31 heavy (non-hydrogen) atoms. The van der Waals surface area contributed by atoms with Gasteiger partial charge in [-0.15, -0.1) is 0 Å². The van der Waals surface area contributed by atoms with Gasteiger partial charge in [0.05, 0.1) is 16.5 Å². The highest BCUT2D eigenvalue weighted by Crippen LogP contribution is 2.44. The SMILES string of the molecule is C[C@@H]1C(=O)N2CCCc3cc(S(=O)(=O)Nc4ccc(Oc5ccccc5)cc4)cc1c32. The molecule has 0 radical (unpaired) electrons. The lowest BCUT2D eigenvalue weighted by molar-refractivity contribution is -0.119. The van der Waals surface area contributed by atoms with E-state index >= 15 is 0 Å². The smallest absolute Gasteiger partial charge is 0.261 e. The Kier molecular flexibility index (Phi) is 4.70. The van der Waals surface area contributed by atoms with E-state index in [1.807, 2.05) is 37.3 Å². The summed E-state index contributed by atoms with van der Waals surface area (Å²) in [4.78, 5) is 14.5. The van der Waals surface area contributed by atoms with E-state index in [1.54, 1.807) is 41.3 Å². The molecular weight excluding hydrogens is 412 g/mol. The standard InChI is InChI=1S/C24H22N2O4S/c1-16-22-15-21(14-17-6-5-13-26(23(17)22)24(16)27)31(28,29)25-18-9-11-20(12-10-18)30-19-7-3-2-4-8-19/h2-4,7-12,14-16,25H,5-6,13H2,1H3/t16-/m0/s1. The molecule has 7 heteroatoms. The molecular formula is C24H22N2O4S. The topological polar surface area (TPSA) is 75.7 Å². The molecule has 2 aliphatic heterocycles. The Morgan fingerprint density at radius 3 is 2.45 bits per heavy atom. The number of amides is 1. The van der Waals surface area contributed by atoms with Gasteiger partial charge in [-0.3, -0.25) is 9.52 Å². The second-order valence-electron chi connectivity index (χ2n) is 7.88. The lowest BCUT2D eigenvalue weighted by Crippen LogP contribution is -2.32. The van der Waals surface area contributed by atoms with Gasteiger partial charge in [0.15, 0.2) is 0 Å². The van der Waals surface area contributed by atoms with E-state index in [-0.39, 0.29) is 16.7 Å². The summed E-state index contributed by atoms with van der Waals surface area (Å²) in [6, 6.07) is 19.5. The van der Waals surface area contributed by atoms with Crippen molar-refractivity contribution in [2.45, 2.75) is 30.6 Å². The molecule has 0 aliphatic carbocycles. The number of hydrogen-bond acceptors (Lipinski definition) is 4. The molecule has 6 nitrogen and oxygen atoms in total. The lowest BCUT2D eigenvalue weighted by atomic mass is 9.97. The van der Waals surface area contributed by atoms with Crippen LogP contribution in [0.3, 0.4) is 0 Å². The molecule has 2 aliphatic rings. The van der Waals surface area contributed by atoms with E-state index in [4.69, 9.17) is 4.74 Å². The van der Waals surface area contributed by atoms with Crippen LogP contribution in [0.15, 0.2) is 71.6 Å². The Morgan fingerprint density at radius 2 is 1.71 bits per heavy atom. The minimum absolute atomic E-state index is 0.0486. The molecule has 0 bridgehead atoms. The van der Waals surface area contributed by atoms with Crippen LogP contribution in [0.2, 0.25) is 0 Å². The number of nitrogens with zero attached hydrogens (tertiary/aromatic N) is 1. The van der Waals surface area contributed by atoms with Crippen LogP contribution in [-0.4, -0.2) is 20.9 Å². The first-order chi connectivity index (χ1) is 14.9. The molecule has 0 unspecified atom stereocenters. The van der Waals surface area contributed by atoms with Gasteiger partial charge in [0.25, 0.3) is 10.0 Å². The summed E-state index contributed by atoms with van der Waals surface area (Å²) in [5.74, 6) is 1.05. The maximum Gasteiger partial charge on any atom is 0.261 e. The minimum atomic E-state index is -3.79. The highest BCUT2D eigenvalue weighted by Gasteiger charge is 2.38. The molecule has 0 saturated carbocycles. The number of ether oxygens (including phenoxy) is 1. The minimum Gasteiger partial charge on any atom is -0.457 e. The van der Waals surface area contributed by atoms with Crippen molar-refractivity contribution in [2.24, 2.45) is 0 Å². The molecule has 0 saturated heterocycles. The van der Waals surface area contributed by atoms with Crippen LogP contribution in [0.1, 0.15) is 30.4 Å². The van der Waals surface area contributed by atoms with E-state index in [9.17, 15) is 13.2 Å². The van der Waals surface area contributed by atoms with Crippen molar-refractivity contribution in [1.29, 1.82) is 0 Å². The molecule has 0 spiro atoms. The average molecular weight is 435 g/mol. The van der Waals surface area contributed by atoms with Crippen molar-refractivity contribution in [1.82, 2.24) is 0 Å². The second-order valence-corrected chi connectivity index (χ2v) is 9.56. The van der Waals surface area contributed by atoms with Crippen molar-refractivity contribution < 1.29 is 17.9 Å². The number of benzene rings is 3. The number of hydrogen-bond donors (Lipinski definition) is 1. The molecule has 0 aromatic heterocycles. The normalized spacial score (nSPS) is 17.4. The van der Waals surface area contributed by atoms with Gasteiger partial charge in [0.2, 0.25) is 5.91 Å². The maximum absolute atomic E-state index is 13.1. The number of nitrogens with one attached hydrogen (secondary N) is 1. The van der Waals surface area contributed by atoms with Crippen molar-refractivity contribution in [3.8, 4) is 11.5 Å². The van der Waals surface area contributed by atoms with Crippen LogP contribution in [-0.2, 0) is 21.2 Å². The number of carbonyl (C=O) groups excluding carboxylic acids is 1. The third kappa shape index (κ3) is 3.55. The third-order valence-electron chi connectivity index (χ3n) is 5.79. The highest BCUT2D eigenvalue weighted by atomic mass is 32.2. The van der Waals surface area contributed by atoms with Gasteiger partial charge < -0.3 is 9.64 Å². The maximum atomic E-state index is 13.1. The summed E-state index contributed by atoms with van der Waals surface area (Å²) in [5.41, 5.74) is 3.08. The molecule has 158 valence electrons. The number of aryl methyl sites for hydroxylation is 1. The molecule has 3 aromatic rings. The van der Waals surface area contributed by atoms with Gasteiger partial charge in [-0.2, -0.15) is 0 Å². The molecule has 1 N–H and O–H groups in total. The molecule has 1 atom stereocenters. The zero-order valence-electron chi connectivity index (χ0n) is 17.0. The van der Waals surface area contributed by atoms with Gasteiger partial charge in [0, 0.05) is 12.2 Å². The summed E-state index contributed by atoms with van der Waals surface area (Å²) in [7, 11) is -3.79. The molecule has 0 fully saturated rings. The van der Waals surface area contributed by atoms with Gasteiger partial charge in [0.1, 0.15) is 11.5 Å². The zero-order chi connectivity index (χ0) is 21.6. The Bertz CT molecular complexity index is 1250. The average Bonchev–Trinajstić information content (AvgIpc) is 3.02. The zero-order valence-corrected chi connectivity index (χ0v) is 17.9. The van der Waals surface area contributed by atoms with Crippen molar-refractivity contribution in [3.63, 3.8) is 0 Å².